The van der Waals surface area contributed by atoms with Crippen molar-refractivity contribution in [3.63, 3.8) is 0 Å². The van der Waals surface area contributed by atoms with Crippen LogP contribution < -0.4 is 0 Å². The molecule has 0 spiro atoms. The molecule has 0 aromatic heterocycles. The van der Waals surface area contributed by atoms with Crippen LogP contribution in [0.25, 0.3) is 0 Å². The number of aliphatic carboxylic acids is 1. The van der Waals surface area contributed by atoms with Crippen LogP contribution in [0.1, 0.15) is 45.4 Å². The van der Waals surface area contributed by atoms with E-state index in [4.69, 9.17) is 9.84 Å². The summed E-state index contributed by atoms with van der Waals surface area (Å²) in [5.74, 6) is -1.15. The fraction of sp³-hybridized carbons (Fsp3) is 0.733. The van der Waals surface area contributed by atoms with E-state index in [-0.39, 0.29) is 12.0 Å². The van der Waals surface area contributed by atoms with Crippen molar-refractivity contribution >= 4 is 11.9 Å². The van der Waals surface area contributed by atoms with Gasteiger partial charge in [-0.1, -0.05) is 18.9 Å². The smallest absolute Gasteiger partial charge is 0.326 e. The number of amides is 1. The number of likely N-dealkylation sites (tertiary alicyclic amines) is 1. The zero-order chi connectivity index (χ0) is 15.0. The van der Waals surface area contributed by atoms with Crippen LogP contribution in [0.3, 0.4) is 0 Å². The lowest BCUT2D eigenvalue weighted by Gasteiger charge is -2.18. The minimum atomic E-state index is -0.948. The lowest BCUT2D eigenvalue weighted by atomic mass is 10.1. The van der Waals surface area contributed by atoms with Gasteiger partial charge in [0.2, 0.25) is 5.91 Å². The third-order valence-corrected chi connectivity index (χ3v) is 3.61. The van der Waals surface area contributed by atoms with Gasteiger partial charge >= 0.3 is 5.97 Å². The fourth-order valence-corrected chi connectivity index (χ4v) is 2.49. The Bertz CT molecular complexity index is 321. The molecule has 5 nitrogen and oxygen atoms in total. The number of allylic oxidation sites excluding steroid dienone is 1. The SMILES string of the molecule is C=CCCCCCCO[C@@H]1C[C@@H](C(=O)O)N(C(C)=O)C1. The Labute approximate surface area is 120 Å². The van der Waals surface area contributed by atoms with Gasteiger partial charge in [-0.15, -0.1) is 6.58 Å². The quantitative estimate of drug-likeness (QED) is 0.520. The summed E-state index contributed by atoms with van der Waals surface area (Å²) < 4.78 is 5.69. The van der Waals surface area contributed by atoms with Crippen LogP contribution in [0.4, 0.5) is 0 Å². The number of rotatable bonds is 9. The van der Waals surface area contributed by atoms with Gasteiger partial charge in [-0.05, 0) is 19.3 Å². The van der Waals surface area contributed by atoms with Gasteiger partial charge in [0.1, 0.15) is 6.04 Å². The average Bonchev–Trinajstić information content (AvgIpc) is 2.82. The minimum Gasteiger partial charge on any atom is -0.480 e. The monoisotopic (exact) mass is 283 g/mol. The molecule has 1 heterocycles. The first kappa shape index (κ1) is 16.7. The highest BCUT2D eigenvalue weighted by Crippen LogP contribution is 2.21. The molecule has 0 aromatic carbocycles. The number of carbonyl (C=O) groups is 2. The molecule has 0 bridgehead atoms. The second-order valence-electron chi connectivity index (χ2n) is 5.25. The summed E-state index contributed by atoms with van der Waals surface area (Å²) in [6.45, 7) is 6.11. The molecule has 114 valence electrons. The Balaban J connectivity index is 2.20. The zero-order valence-electron chi connectivity index (χ0n) is 12.2. The molecule has 1 aliphatic heterocycles. The molecule has 0 aliphatic carbocycles. The highest BCUT2D eigenvalue weighted by Gasteiger charge is 2.38. The van der Waals surface area contributed by atoms with Crippen molar-refractivity contribution in [1.82, 2.24) is 4.90 Å². The van der Waals surface area contributed by atoms with Crippen molar-refractivity contribution < 1.29 is 19.4 Å². The third kappa shape index (κ3) is 5.33. The van der Waals surface area contributed by atoms with Gasteiger partial charge in [-0.3, -0.25) is 4.79 Å². The molecule has 2 atom stereocenters. The lowest BCUT2D eigenvalue weighted by Crippen LogP contribution is -2.39. The van der Waals surface area contributed by atoms with Crippen molar-refractivity contribution in [3.05, 3.63) is 12.7 Å². The fourth-order valence-electron chi connectivity index (χ4n) is 2.49. The molecule has 0 unspecified atom stereocenters. The maximum Gasteiger partial charge on any atom is 0.326 e. The van der Waals surface area contributed by atoms with Gasteiger partial charge in [0.25, 0.3) is 0 Å². The summed E-state index contributed by atoms with van der Waals surface area (Å²) in [7, 11) is 0. The number of carboxylic acids is 1. The molecule has 0 radical (unpaired) electrons. The normalized spacial score (nSPS) is 21.9. The largest absolute Gasteiger partial charge is 0.480 e. The van der Waals surface area contributed by atoms with Gasteiger partial charge in [-0.25, -0.2) is 4.79 Å². The van der Waals surface area contributed by atoms with Crippen LogP contribution in [0.2, 0.25) is 0 Å². The molecule has 5 heteroatoms. The molecule has 1 N–H and O–H groups in total. The Morgan fingerprint density at radius 3 is 2.60 bits per heavy atom. The second kappa shape index (κ2) is 8.74. The van der Waals surface area contributed by atoms with E-state index in [2.05, 4.69) is 6.58 Å². The average molecular weight is 283 g/mol. The van der Waals surface area contributed by atoms with E-state index in [1.807, 2.05) is 6.08 Å². The van der Waals surface area contributed by atoms with Gasteiger partial charge in [-0.2, -0.15) is 0 Å². The van der Waals surface area contributed by atoms with Gasteiger partial charge < -0.3 is 14.7 Å². The number of carboxylic acid groups (broad SMARTS) is 1. The second-order valence-corrected chi connectivity index (χ2v) is 5.25. The van der Waals surface area contributed by atoms with Crippen molar-refractivity contribution in [2.24, 2.45) is 0 Å². The van der Waals surface area contributed by atoms with Crippen molar-refractivity contribution in [2.75, 3.05) is 13.2 Å². The number of hydrogen-bond donors (Lipinski definition) is 1. The molecular weight excluding hydrogens is 258 g/mol. The Kier molecular flexibility index (Phi) is 7.30. The Morgan fingerprint density at radius 1 is 1.35 bits per heavy atom. The summed E-state index contributed by atoms with van der Waals surface area (Å²) in [6.07, 6.45) is 7.64. The molecule has 0 saturated carbocycles. The third-order valence-electron chi connectivity index (χ3n) is 3.61. The van der Waals surface area contributed by atoms with E-state index in [1.54, 1.807) is 0 Å². The van der Waals surface area contributed by atoms with Crippen LogP contribution in [-0.4, -0.2) is 47.2 Å². The standard InChI is InChI=1S/C15H25NO4/c1-3-4-5-6-7-8-9-20-13-10-14(15(18)19)16(11-13)12(2)17/h3,13-14H,1,4-11H2,2H3,(H,18,19)/t13-,14+/m1/s1. The van der Waals surface area contributed by atoms with Crippen LogP contribution >= 0.6 is 0 Å². The molecule has 1 aliphatic rings. The zero-order valence-corrected chi connectivity index (χ0v) is 12.2. The van der Waals surface area contributed by atoms with E-state index in [9.17, 15) is 9.59 Å². The summed E-state index contributed by atoms with van der Waals surface area (Å²) in [6, 6.07) is -0.731. The molecule has 20 heavy (non-hydrogen) atoms. The van der Waals surface area contributed by atoms with E-state index in [0.29, 0.717) is 19.6 Å². The Hall–Kier alpha value is -1.36. The van der Waals surface area contributed by atoms with Crippen molar-refractivity contribution in [3.8, 4) is 0 Å². The van der Waals surface area contributed by atoms with Gasteiger partial charge in [0.15, 0.2) is 0 Å². The van der Waals surface area contributed by atoms with Gasteiger partial charge in [0, 0.05) is 26.5 Å². The number of hydrogen-bond acceptors (Lipinski definition) is 3. The predicted octanol–water partition coefficient (Wildman–Crippen LogP) is 2.21. The first-order valence-electron chi connectivity index (χ1n) is 7.28. The summed E-state index contributed by atoms with van der Waals surface area (Å²) in [4.78, 5) is 23.8. The molecule has 0 aromatic rings. The van der Waals surface area contributed by atoms with Gasteiger partial charge in [0.05, 0.1) is 6.10 Å². The topological polar surface area (TPSA) is 66.8 Å². The lowest BCUT2D eigenvalue weighted by molar-refractivity contribution is -0.147. The van der Waals surface area contributed by atoms with Crippen LogP contribution in [-0.2, 0) is 14.3 Å². The summed E-state index contributed by atoms with van der Waals surface area (Å²) in [5.41, 5.74) is 0. The molecule has 1 fully saturated rings. The summed E-state index contributed by atoms with van der Waals surface area (Å²) in [5, 5.41) is 9.08. The molecule has 1 saturated heterocycles. The number of unbranched alkanes of at least 4 members (excludes halogenated alkanes) is 4. The van der Waals surface area contributed by atoms with Crippen LogP contribution in [0.5, 0.6) is 0 Å². The highest BCUT2D eigenvalue weighted by atomic mass is 16.5. The predicted molar refractivity (Wildman–Crippen MR) is 76.4 cm³/mol. The minimum absolute atomic E-state index is 0.145. The van der Waals surface area contributed by atoms with Crippen molar-refractivity contribution in [2.45, 2.75) is 57.6 Å². The van der Waals surface area contributed by atoms with Crippen LogP contribution in [0.15, 0.2) is 12.7 Å². The first-order chi connectivity index (χ1) is 9.56. The van der Waals surface area contributed by atoms with Crippen molar-refractivity contribution in [1.29, 1.82) is 0 Å². The maximum atomic E-state index is 11.4. The maximum absolute atomic E-state index is 11.4. The number of nitrogens with zero attached hydrogens (tertiary/aromatic N) is 1. The van der Waals surface area contributed by atoms with E-state index in [1.165, 1.54) is 11.8 Å². The molecule has 1 rings (SSSR count). The van der Waals surface area contributed by atoms with E-state index >= 15 is 0 Å². The molecule has 1 amide bonds. The molecular formula is C15H25NO4. The Morgan fingerprint density at radius 2 is 2.05 bits per heavy atom. The highest BCUT2D eigenvalue weighted by molar-refractivity contribution is 5.83. The van der Waals surface area contributed by atoms with Crippen LogP contribution in [0, 0.1) is 0 Å². The number of carbonyl (C=O) groups excluding carboxylic acids is 1. The first-order valence-corrected chi connectivity index (χ1v) is 7.28. The van der Waals surface area contributed by atoms with E-state index in [0.717, 1.165) is 32.1 Å². The summed E-state index contributed by atoms with van der Waals surface area (Å²) >= 11 is 0. The number of ether oxygens (including phenoxy) is 1. The van der Waals surface area contributed by atoms with E-state index < -0.39 is 12.0 Å².